The summed E-state index contributed by atoms with van der Waals surface area (Å²) in [5.41, 5.74) is 4.21. The van der Waals surface area contributed by atoms with E-state index >= 15 is 0 Å². The lowest BCUT2D eigenvalue weighted by Gasteiger charge is -2.31. The van der Waals surface area contributed by atoms with Gasteiger partial charge in [0.1, 0.15) is 0 Å². The fourth-order valence-corrected chi connectivity index (χ4v) is 2.86. The van der Waals surface area contributed by atoms with Gasteiger partial charge in [0.25, 0.3) is 0 Å². The second kappa shape index (κ2) is 8.85. The van der Waals surface area contributed by atoms with Gasteiger partial charge >= 0.3 is 0 Å². The van der Waals surface area contributed by atoms with Crippen molar-refractivity contribution >= 4 is 0 Å². The lowest BCUT2D eigenvalue weighted by molar-refractivity contribution is 0.181. The number of hydrogen-bond donors (Lipinski definition) is 0. The monoisotopic (exact) mass is 310 g/mol. The molecule has 0 spiro atoms. The van der Waals surface area contributed by atoms with Gasteiger partial charge in [-0.2, -0.15) is 0 Å². The molecule has 0 radical (unpaired) electrons. The van der Waals surface area contributed by atoms with Crippen molar-refractivity contribution < 1.29 is 0 Å². The van der Waals surface area contributed by atoms with Crippen molar-refractivity contribution in [1.29, 1.82) is 0 Å². The Hall–Kier alpha value is -1.64. The van der Waals surface area contributed by atoms with Gasteiger partial charge in [-0.25, -0.2) is 0 Å². The second-order valence-electron chi connectivity index (χ2n) is 6.53. The standard InChI is InChI=1S/C21H30N2/c1-5-19-10-9-11-20(16-19)17-23(15-14-22(3)4)18(2)21-12-7-6-8-13-21/h6-13,16,18H,5,14-15,17H2,1-4H3. The lowest BCUT2D eigenvalue weighted by atomic mass is 10.0. The number of hydrogen-bond acceptors (Lipinski definition) is 2. The summed E-state index contributed by atoms with van der Waals surface area (Å²) in [6.45, 7) is 7.67. The van der Waals surface area contributed by atoms with Gasteiger partial charge in [-0.05, 0) is 44.1 Å². The number of rotatable bonds is 8. The van der Waals surface area contributed by atoms with Crippen LogP contribution in [0.25, 0.3) is 0 Å². The third-order valence-corrected chi connectivity index (χ3v) is 4.45. The number of benzene rings is 2. The van der Waals surface area contributed by atoms with E-state index in [4.69, 9.17) is 0 Å². The number of likely N-dealkylation sites (N-methyl/N-ethyl adjacent to an activating group) is 1. The fraction of sp³-hybridized carbons (Fsp3) is 0.429. The smallest absolute Gasteiger partial charge is 0.0323 e. The molecular weight excluding hydrogens is 280 g/mol. The highest BCUT2D eigenvalue weighted by molar-refractivity contribution is 5.24. The first kappa shape index (κ1) is 17.7. The van der Waals surface area contributed by atoms with E-state index in [2.05, 4.69) is 92.3 Å². The minimum absolute atomic E-state index is 0.418. The Morgan fingerprint density at radius 1 is 0.870 bits per heavy atom. The van der Waals surface area contributed by atoms with Crippen molar-refractivity contribution in [2.75, 3.05) is 27.2 Å². The van der Waals surface area contributed by atoms with Crippen molar-refractivity contribution in [2.45, 2.75) is 32.9 Å². The Labute approximate surface area is 141 Å². The molecule has 2 heteroatoms. The molecule has 1 atom stereocenters. The molecule has 2 rings (SSSR count). The SMILES string of the molecule is CCc1cccc(CN(CCN(C)C)C(C)c2ccccc2)c1. The van der Waals surface area contributed by atoms with Gasteiger partial charge < -0.3 is 4.90 Å². The zero-order chi connectivity index (χ0) is 16.7. The zero-order valence-electron chi connectivity index (χ0n) is 15.0. The van der Waals surface area contributed by atoms with Crippen LogP contribution in [0.5, 0.6) is 0 Å². The first-order valence-electron chi connectivity index (χ1n) is 8.61. The maximum absolute atomic E-state index is 2.57. The Morgan fingerprint density at radius 3 is 2.22 bits per heavy atom. The maximum Gasteiger partial charge on any atom is 0.0323 e. The van der Waals surface area contributed by atoms with Crippen molar-refractivity contribution in [1.82, 2.24) is 9.80 Å². The first-order valence-corrected chi connectivity index (χ1v) is 8.61. The molecule has 2 nitrogen and oxygen atoms in total. The lowest BCUT2D eigenvalue weighted by Crippen LogP contribution is -2.33. The largest absolute Gasteiger partial charge is 0.308 e. The highest BCUT2D eigenvalue weighted by atomic mass is 15.2. The Morgan fingerprint density at radius 2 is 1.57 bits per heavy atom. The van der Waals surface area contributed by atoms with Gasteiger partial charge in [0.15, 0.2) is 0 Å². The summed E-state index contributed by atoms with van der Waals surface area (Å²) in [5, 5.41) is 0. The summed E-state index contributed by atoms with van der Waals surface area (Å²) in [6, 6.07) is 20.2. The molecule has 0 N–H and O–H groups in total. The average Bonchev–Trinajstić information content (AvgIpc) is 2.58. The van der Waals surface area contributed by atoms with E-state index in [0.717, 1.165) is 26.1 Å². The highest BCUT2D eigenvalue weighted by Crippen LogP contribution is 2.22. The number of nitrogens with zero attached hydrogens (tertiary/aromatic N) is 2. The highest BCUT2D eigenvalue weighted by Gasteiger charge is 2.16. The van der Waals surface area contributed by atoms with Crippen LogP contribution in [-0.4, -0.2) is 37.0 Å². The Kier molecular flexibility index (Phi) is 6.82. The Bertz CT molecular complexity index is 577. The van der Waals surface area contributed by atoms with Crippen LogP contribution in [0.2, 0.25) is 0 Å². The van der Waals surface area contributed by atoms with Crippen LogP contribution in [0.4, 0.5) is 0 Å². The fourth-order valence-electron chi connectivity index (χ4n) is 2.86. The van der Waals surface area contributed by atoms with Crippen molar-refractivity contribution in [3.8, 4) is 0 Å². The van der Waals surface area contributed by atoms with E-state index in [1.54, 1.807) is 0 Å². The average molecular weight is 310 g/mol. The summed E-state index contributed by atoms with van der Waals surface area (Å²) in [5.74, 6) is 0. The molecule has 124 valence electrons. The third kappa shape index (κ3) is 5.49. The minimum atomic E-state index is 0.418. The van der Waals surface area contributed by atoms with Crippen LogP contribution in [0.15, 0.2) is 54.6 Å². The van der Waals surface area contributed by atoms with Gasteiger partial charge in [0.05, 0.1) is 0 Å². The van der Waals surface area contributed by atoms with E-state index < -0.39 is 0 Å². The quantitative estimate of drug-likeness (QED) is 0.714. The van der Waals surface area contributed by atoms with Gasteiger partial charge in [-0.1, -0.05) is 61.5 Å². The molecule has 0 heterocycles. The van der Waals surface area contributed by atoms with Crippen LogP contribution in [0, 0.1) is 0 Å². The van der Waals surface area contributed by atoms with Gasteiger partial charge in [-0.3, -0.25) is 4.90 Å². The summed E-state index contributed by atoms with van der Waals surface area (Å²) >= 11 is 0. The van der Waals surface area contributed by atoms with E-state index in [1.165, 1.54) is 16.7 Å². The molecule has 2 aromatic rings. The molecule has 0 saturated carbocycles. The maximum atomic E-state index is 2.57. The van der Waals surface area contributed by atoms with Crippen LogP contribution in [-0.2, 0) is 13.0 Å². The van der Waals surface area contributed by atoms with E-state index in [-0.39, 0.29) is 0 Å². The summed E-state index contributed by atoms with van der Waals surface area (Å²) in [7, 11) is 4.28. The predicted molar refractivity (Wildman–Crippen MR) is 99.6 cm³/mol. The second-order valence-corrected chi connectivity index (χ2v) is 6.53. The molecule has 0 fully saturated rings. The molecule has 0 aromatic heterocycles. The molecular formula is C21H30N2. The van der Waals surface area contributed by atoms with Crippen LogP contribution in [0.1, 0.15) is 36.6 Å². The van der Waals surface area contributed by atoms with Crippen LogP contribution in [0.3, 0.4) is 0 Å². The van der Waals surface area contributed by atoms with Crippen LogP contribution >= 0.6 is 0 Å². The summed E-state index contributed by atoms with van der Waals surface area (Å²) < 4.78 is 0. The first-order chi connectivity index (χ1) is 11.1. The van der Waals surface area contributed by atoms with Gasteiger partial charge in [-0.15, -0.1) is 0 Å². The molecule has 2 aromatic carbocycles. The molecule has 23 heavy (non-hydrogen) atoms. The molecule has 0 amide bonds. The molecule has 0 aliphatic carbocycles. The minimum Gasteiger partial charge on any atom is -0.308 e. The third-order valence-electron chi connectivity index (χ3n) is 4.45. The molecule has 0 aliphatic heterocycles. The van der Waals surface area contributed by atoms with Crippen molar-refractivity contribution in [3.63, 3.8) is 0 Å². The van der Waals surface area contributed by atoms with Crippen molar-refractivity contribution in [3.05, 3.63) is 71.3 Å². The topological polar surface area (TPSA) is 6.48 Å². The summed E-state index contributed by atoms with van der Waals surface area (Å²) in [6.07, 6.45) is 1.10. The summed E-state index contributed by atoms with van der Waals surface area (Å²) in [4.78, 5) is 4.83. The van der Waals surface area contributed by atoms with Gasteiger partial charge in [0, 0.05) is 25.7 Å². The normalized spacial score (nSPS) is 12.8. The van der Waals surface area contributed by atoms with Gasteiger partial charge in [0.2, 0.25) is 0 Å². The van der Waals surface area contributed by atoms with E-state index in [1.807, 2.05) is 0 Å². The molecule has 1 unspecified atom stereocenters. The molecule has 0 bridgehead atoms. The van der Waals surface area contributed by atoms with E-state index in [0.29, 0.717) is 6.04 Å². The zero-order valence-corrected chi connectivity index (χ0v) is 15.0. The Balaban J connectivity index is 2.15. The molecule has 0 aliphatic rings. The molecule has 0 saturated heterocycles. The number of aryl methyl sites for hydroxylation is 1. The van der Waals surface area contributed by atoms with Crippen LogP contribution < -0.4 is 0 Å². The predicted octanol–water partition coefficient (Wildman–Crippen LogP) is 4.37. The van der Waals surface area contributed by atoms with E-state index in [9.17, 15) is 0 Å². The van der Waals surface area contributed by atoms with Crippen molar-refractivity contribution in [2.24, 2.45) is 0 Å².